The van der Waals surface area contributed by atoms with Gasteiger partial charge in [0.2, 0.25) is 0 Å². The average molecular weight is 362 g/mol. The van der Waals surface area contributed by atoms with E-state index < -0.39 is 0 Å². The molecule has 0 aliphatic heterocycles. The fourth-order valence-corrected chi connectivity index (χ4v) is 2.49. The third kappa shape index (κ3) is 2.93. The summed E-state index contributed by atoms with van der Waals surface area (Å²) in [6.45, 7) is 0. The Morgan fingerprint density at radius 2 is 1.65 bits per heavy atom. The van der Waals surface area contributed by atoms with Crippen LogP contribution >= 0.6 is 31.9 Å². The molecule has 1 unspecified atom stereocenters. The van der Waals surface area contributed by atoms with Gasteiger partial charge in [0.15, 0.2) is 0 Å². The van der Waals surface area contributed by atoms with Crippen molar-refractivity contribution in [2.75, 3.05) is 0 Å². The summed E-state index contributed by atoms with van der Waals surface area (Å²) in [5.41, 5.74) is 1.66. The van der Waals surface area contributed by atoms with Gasteiger partial charge in [0.05, 0.1) is 9.30 Å². The first-order valence-electron chi connectivity index (χ1n) is 4.92. The number of benzene rings is 2. The molecule has 0 spiro atoms. The van der Waals surface area contributed by atoms with E-state index in [1.807, 2.05) is 6.07 Å². The Kier molecular flexibility index (Phi) is 3.94. The van der Waals surface area contributed by atoms with E-state index in [2.05, 4.69) is 31.9 Å². The second-order valence-electron chi connectivity index (χ2n) is 3.59. The molecule has 2 aromatic rings. The van der Waals surface area contributed by atoms with Gasteiger partial charge in [-0.3, -0.25) is 0 Å². The fraction of sp³-hybridized carbons (Fsp3) is 0.0769. The number of hydrogen-bond donors (Lipinski definition) is 0. The van der Waals surface area contributed by atoms with Crippen LogP contribution in [0.4, 0.5) is 8.78 Å². The second-order valence-corrected chi connectivity index (χ2v) is 5.36. The summed E-state index contributed by atoms with van der Waals surface area (Å²) in [6.07, 6.45) is 0. The highest BCUT2D eigenvalue weighted by Crippen LogP contribution is 2.32. The molecule has 0 saturated heterocycles. The Balaban J connectivity index is 2.36. The van der Waals surface area contributed by atoms with Gasteiger partial charge in [0.25, 0.3) is 0 Å². The van der Waals surface area contributed by atoms with E-state index in [0.29, 0.717) is 4.47 Å². The fourth-order valence-electron chi connectivity index (χ4n) is 1.53. The molecule has 4 heteroatoms. The minimum atomic E-state index is -0.312. The molecule has 0 aliphatic rings. The predicted molar refractivity (Wildman–Crippen MR) is 71.3 cm³/mol. The molecular formula is C13H8Br2F2. The Bertz CT molecular complexity index is 541. The summed E-state index contributed by atoms with van der Waals surface area (Å²) >= 11 is 6.61. The maximum Gasteiger partial charge on any atom is 0.137 e. The summed E-state index contributed by atoms with van der Waals surface area (Å²) in [7, 11) is 0. The quantitative estimate of drug-likeness (QED) is 0.644. The van der Waals surface area contributed by atoms with E-state index in [0.717, 1.165) is 11.1 Å². The van der Waals surface area contributed by atoms with E-state index >= 15 is 0 Å². The van der Waals surface area contributed by atoms with Crippen LogP contribution < -0.4 is 0 Å². The third-order valence-electron chi connectivity index (χ3n) is 2.38. The van der Waals surface area contributed by atoms with E-state index in [1.165, 1.54) is 18.2 Å². The number of halogens is 4. The van der Waals surface area contributed by atoms with E-state index in [-0.39, 0.29) is 16.5 Å². The second kappa shape index (κ2) is 5.27. The lowest BCUT2D eigenvalue weighted by molar-refractivity contribution is 0.620. The zero-order valence-electron chi connectivity index (χ0n) is 8.63. The minimum Gasteiger partial charge on any atom is -0.207 e. The Morgan fingerprint density at radius 3 is 2.29 bits per heavy atom. The van der Waals surface area contributed by atoms with Gasteiger partial charge < -0.3 is 0 Å². The van der Waals surface area contributed by atoms with Crippen LogP contribution in [0.2, 0.25) is 0 Å². The van der Waals surface area contributed by atoms with Crippen LogP contribution in [0.5, 0.6) is 0 Å². The molecular weight excluding hydrogens is 354 g/mol. The highest BCUT2D eigenvalue weighted by atomic mass is 79.9. The van der Waals surface area contributed by atoms with Gasteiger partial charge in [-0.15, -0.1) is 0 Å². The lowest BCUT2D eigenvalue weighted by Crippen LogP contribution is -1.94. The van der Waals surface area contributed by atoms with Crippen molar-refractivity contribution in [2.24, 2.45) is 0 Å². The summed E-state index contributed by atoms with van der Waals surface area (Å²) in [5, 5.41) is 0. The van der Waals surface area contributed by atoms with Crippen molar-refractivity contribution in [1.29, 1.82) is 0 Å². The molecule has 17 heavy (non-hydrogen) atoms. The molecule has 0 amide bonds. The van der Waals surface area contributed by atoms with Crippen molar-refractivity contribution >= 4 is 31.9 Å². The smallest absolute Gasteiger partial charge is 0.137 e. The monoisotopic (exact) mass is 360 g/mol. The Morgan fingerprint density at radius 1 is 0.941 bits per heavy atom. The topological polar surface area (TPSA) is 0 Å². The van der Waals surface area contributed by atoms with Gasteiger partial charge in [-0.25, -0.2) is 8.78 Å². The van der Waals surface area contributed by atoms with E-state index in [4.69, 9.17) is 0 Å². The zero-order valence-corrected chi connectivity index (χ0v) is 11.8. The molecule has 0 fully saturated rings. The summed E-state index contributed by atoms with van der Waals surface area (Å²) in [6, 6.07) is 11.1. The molecule has 88 valence electrons. The average Bonchev–Trinajstić information content (AvgIpc) is 2.32. The Hall–Kier alpha value is -0.740. The minimum absolute atomic E-state index is 0.157. The van der Waals surface area contributed by atoms with Crippen LogP contribution in [0.1, 0.15) is 16.0 Å². The molecule has 0 bridgehead atoms. The van der Waals surface area contributed by atoms with Gasteiger partial charge in [-0.2, -0.15) is 0 Å². The van der Waals surface area contributed by atoms with Gasteiger partial charge in [0.1, 0.15) is 11.6 Å². The predicted octanol–water partition coefficient (Wildman–Crippen LogP) is 5.21. The molecule has 0 radical (unpaired) electrons. The summed E-state index contributed by atoms with van der Waals surface area (Å²) in [5.74, 6) is -0.596. The Labute approximate surface area is 115 Å². The molecule has 1 atom stereocenters. The lowest BCUT2D eigenvalue weighted by Gasteiger charge is -2.11. The first-order chi connectivity index (χ1) is 8.08. The van der Waals surface area contributed by atoms with Crippen molar-refractivity contribution in [3.05, 3.63) is 69.7 Å². The van der Waals surface area contributed by atoms with Crippen molar-refractivity contribution < 1.29 is 8.78 Å². The van der Waals surface area contributed by atoms with Crippen molar-refractivity contribution in [2.45, 2.75) is 4.83 Å². The molecule has 0 heterocycles. The van der Waals surface area contributed by atoms with Gasteiger partial charge in [0, 0.05) is 0 Å². The molecule has 0 aliphatic carbocycles. The molecule has 2 aromatic carbocycles. The normalized spacial score (nSPS) is 12.5. The standard InChI is InChI=1S/C13H8Br2F2/c14-11-7-9(4-5-12(11)17)13(15)8-2-1-3-10(16)6-8/h1-7,13H. The third-order valence-corrected chi connectivity index (χ3v) is 4.04. The van der Waals surface area contributed by atoms with Crippen LogP contribution in [0.15, 0.2) is 46.9 Å². The van der Waals surface area contributed by atoms with Crippen molar-refractivity contribution in [3.8, 4) is 0 Å². The molecule has 2 rings (SSSR count). The summed E-state index contributed by atoms with van der Waals surface area (Å²) < 4.78 is 26.6. The van der Waals surface area contributed by atoms with Crippen LogP contribution in [0, 0.1) is 11.6 Å². The molecule has 0 aromatic heterocycles. The molecule has 0 nitrogen and oxygen atoms in total. The maximum atomic E-state index is 13.1. The van der Waals surface area contributed by atoms with Crippen LogP contribution in [0.3, 0.4) is 0 Å². The van der Waals surface area contributed by atoms with Crippen LogP contribution in [0.25, 0.3) is 0 Å². The van der Waals surface area contributed by atoms with Gasteiger partial charge in [-0.05, 0) is 51.3 Å². The highest BCUT2D eigenvalue weighted by molar-refractivity contribution is 9.10. The zero-order chi connectivity index (χ0) is 12.4. The SMILES string of the molecule is Fc1cccc(C(Br)c2ccc(F)c(Br)c2)c1. The number of alkyl halides is 1. The first kappa shape index (κ1) is 12.7. The number of hydrogen-bond acceptors (Lipinski definition) is 0. The largest absolute Gasteiger partial charge is 0.207 e. The van der Waals surface area contributed by atoms with Crippen LogP contribution in [-0.2, 0) is 0 Å². The maximum absolute atomic E-state index is 13.1. The first-order valence-corrected chi connectivity index (χ1v) is 6.63. The van der Waals surface area contributed by atoms with E-state index in [9.17, 15) is 8.78 Å². The van der Waals surface area contributed by atoms with Gasteiger partial charge in [-0.1, -0.05) is 34.1 Å². The van der Waals surface area contributed by atoms with Crippen LogP contribution in [-0.4, -0.2) is 0 Å². The van der Waals surface area contributed by atoms with E-state index in [1.54, 1.807) is 18.2 Å². The van der Waals surface area contributed by atoms with Crippen molar-refractivity contribution in [3.63, 3.8) is 0 Å². The van der Waals surface area contributed by atoms with Crippen molar-refractivity contribution in [1.82, 2.24) is 0 Å². The molecule has 0 saturated carbocycles. The highest BCUT2D eigenvalue weighted by Gasteiger charge is 2.12. The number of rotatable bonds is 2. The summed E-state index contributed by atoms with van der Waals surface area (Å²) in [4.78, 5) is -0.157. The lowest BCUT2D eigenvalue weighted by atomic mass is 10.0. The van der Waals surface area contributed by atoms with Gasteiger partial charge >= 0.3 is 0 Å². The molecule has 0 N–H and O–H groups in total.